The van der Waals surface area contributed by atoms with Crippen molar-refractivity contribution in [3.05, 3.63) is 94.8 Å². The average Bonchev–Trinajstić information content (AvgIpc) is 3.04. The Morgan fingerprint density at radius 3 is 2.32 bits per heavy atom. The van der Waals surface area contributed by atoms with E-state index in [0.29, 0.717) is 34.5 Å². The maximum atomic E-state index is 13.5. The summed E-state index contributed by atoms with van der Waals surface area (Å²) in [5, 5.41) is 3.75. The highest BCUT2D eigenvalue weighted by atomic mass is 35.5. The van der Waals surface area contributed by atoms with Crippen LogP contribution in [0.2, 0.25) is 5.02 Å². The standard InChI is InChI=1S/C26H23ClFN3O2S/c1-17-2-12-22(13-3-17)31-25(33)23(16-24(32)29-21-10-8-20(28)9-11-21)30(26(31)34)15-14-18-4-6-19(27)7-5-18/h2-13,23H,14-16H2,1H3,(H,29,32). The van der Waals surface area contributed by atoms with Crippen LogP contribution in [-0.2, 0) is 16.0 Å². The van der Waals surface area contributed by atoms with Crippen LogP contribution in [-0.4, -0.2) is 34.4 Å². The third kappa shape index (κ3) is 5.43. The number of amides is 2. The summed E-state index contributed by atoms with van der Waals surface area (Å²) in [4.78, 5) is 29.5. The normalized spacial score (nSPS) is 15.7. The number of carbonyl (C=O) groups is 2. The molecule has 3 aromatic rings. The molecule has 1 heterocycles. The van der Waals surface area contributed by atoms with Crippen molar-refractivity contribution in [2.75, 3.05) is 16.8 Å². The van der Waals surface area contributed by atoms with Crippen molar-refractivity contribution in [2.24, 2.45) is 0 Å². The zero-order valence-electron chi connectivity index (χ0n) is 18.5. The van der Waals surface area contributed by atoms with E-state index in [-0.39, 0.29) is 18.2 Å². The van der Waals surface area contributed by atoms with E-state index in [1.165, 1.54) is 29.2 Å². The van der Waals surface area contributed by atoms with Crippen molar-refractivity contribution in [3.63, 3.8) is 0 Å². The van der Waals surface area contributed by atoms with Gasteiger partial charge in [-0.25, -0.2) is 4.39 Å². The Balaban J connectivity index is 1.55. The van der Waals surface area contributed by atoms with E-state index in [9.17, 15) is 14.0 Å². The van der Waals surface area contributed by atoms with Crippen LogP contribution in [0.15, 0.2) is 72.8 Å². The summed E-state index contributed by atoms with van der Waals surface area (Å²) in [5.74, 6) is -0.995. The number of nitrogens with one attached hydrogen (secondary N) is 1. The van der Waals surface area contributed by atoms with Crippen molar-refractivity contribution in [3.8, 4) is 0 Å². The molecule has 4 rings (SSSR count). The predicted molar refractivity (Wildman–Crippen MR) is 137 cm³/mol. The molecule has 0 saturated carbocycles. The van der Waals surface area contributed by atoms with Crippen molar-refractivity contribution < 1.29 is 14.0 Å². The van der Waals surface area contributed by atoms with Crippen LogP contribution in [0.1, 0.15) is 17.5 Å². The fourth-order valence-electron chi connectivity index (χ4n) is 3.84. The van der Waals surface area contributed by atoms with E-state index in [1.54, 1.807) is 4.90 Å². The summed E-state index contributed by atoms with van der Waals surface area (Å²) in [6, 6.07) is 19.7. The number of aryl methyl sites for hydroxylation is 1. The summed E-state index contributed by atoms with van der Waals surface area (Å²) < 4.78 is 13.2. The minimum atomic E-state index is -0.749. The topological polar surface area (TPSA) is 52.7 Å². The van der Waals surface area contributed by atoms with Gasteiger partial charge in [0, 0.05) is 17.3 Å². The molecule has 0 radical (unpaired) electrons. The first kappa shape index (κ1) is 23.9. The number of benzene rings is 3. The van der Waals surface area contributed by atoms with Crippen LogP contribution < -0.4 is 10.2 Å². The minimum Gasteiger partial charge on any atom is -0.336 e. The molecule has 3 aromatic carbocycles. The van der Waals surface area contributed by atoms with Crippen molar-refractivity contribution in [1.29, 1.82) is 0 Å². The van der Waals surface area contributed by atoms with Crippen molar-refractivity contribution in [1.82, 2.24) is 4.90 Å². The van der Waals surface area contributed by atoms with E-state index in [0.717, 1.165) is 11.1 Å². The molecule has 1 unspecified atom stereocenters. The van der Waals surface area contributed by atoms with E-state index in [1.807, 2.05) is 55.5 Å². The van der Waals surface area contributed by atoms with Crippen LogP contribution in [0.5, 0.6) is 0 Å². The summed E-state index contributed by atoms with van der Waals surface area (Å²) in [6.45, 7) is 2.43. The van der Waals surface area contributed by atoms with Gasteiger partial charge in [-0.15, -0.1) is 0 Å². The molecule has 2 amide bonds. The third-order valence-electron chi connectivity index (χ3n) is 5.67. The molecule has 5 nitrogen and oxygen atoms in total. The number of anilines is 2. The second-order valence-electron chi connectivity index (χ2n) is 8.14. The van der Waals surface area contributed by atoms with Crippen LogP contribution in [0, 0.1) is 12.7 Å². The number of rotatable bonds is 7. The second kappa shape index (κ2) is 10.3. The van der Waals surface area contributed by atoms with Gasteiger partial charge in [0.05, 0.1) is 12.1 Å². The lowest BCUT2D eigenvalue weighted by Gasteiger charge is -2.24. The number of thiocarbonyl (C=S) groups is 1. The maximum Gasteiger partial charge on any atom is 0.256 e. The highest BCUT2D eigenvalue weighted by Gasteiger charge is 2.43. The average molecular weight is 496 g/mol. The van der Waals surface area contributed by atoms with E-state index in [2.05, 4.69) is 5.32 Å². The first-order valence-electron chi connectivity index (χ1n) is 10.8. The van der Waals surface area contributed by atoms with E-state index < -0.39 is 11.9 Å². The zero-order chi connectivity index (χ0) is 24.2. The van der Waals surface area contributed by atoms with Gasteiger partial charge >= 0.3 is 0 Å². The number of carbonyl (C=O) groups excluding carboxylic acids is 2. The largest absolute Gasteiger partial charge is 0.336 e. The number of halogens is 2. The Morgan fingerprint density at radius 1 is 1.03 bits per heavy atom. The second-order valence-corrected chi connectivity index (χ2v) is 8.94. The highest BCUT2D eigenvalue weighted by Crippen LogP contribution is 2.28. The molecule has 1 aliphatic rings. The molecule has 1 N–H and O–H groups in total. The molecule has 34 heavy (non-hydrogen) atoms. The molecule has 8 heteroatoms. The minimum absolute atomic E-state index is 0.0840. The SMILES string of the molecule is Cc1ccc(N2C(=O)C(CC(=O)Nc3ccc(F)cc3)N(CCc3ccc(Cl)cc3)C2=S)cc1. The van der Waals surface area contributed by atoms with Gasteiger partial charge in [0.1, 0.15) is 11.9 Å². The number of hydrogen-bond acceptors (Lipinski definition) is 3. The van der Waals surface area contributed by atoms with Gasteiger partial charge in [0.2, 0.25) is 5.91 Å². The highest BCUT2D eigenvalue weighted by molar-refractivity contribution is 7.80. The van der Waals surface area contributed by atoms with Gasteiger partial charge in [-0.2, -0.15) is 0 Å². The van der Waals surface area contributed by atoms with Gasteiger partial charge in [-0.05, 0) is 79.7 Å². The quantitative estimate of drug-likeness (QED) is 0.448. The van der Waals surface area contributed by atoms with Crippen LogP contribution in [0.4, 0.5) is 15.8 Å². The van der Waals surface area contributed by atoms with Gasteiger partial charge < -0.3 is 10.2 Å². The molecule has 0 aliphatic carbocycles. The zero-order valence-corrected chi connectivity index (χ0v) is 20.1. The molecule has 1 fully saturated rings. The lowest BCUT2D eigenvalue weighted by molar-refractivity contribution is -0.124. The Morgan fingerprint density at radius 2 is 1.68 bits per heavy atom. The van der Waals surface area contributed by atoms with Gasteiger partial charge in [-0.1, -0.05) is 41.4 Å². The molecule has 1 atom stereocenters. The molecule has 174 valence electrons. The Labute approximate surface area is 208 Å². The first-order chi connectivity index (χ1) is 16.3. The molecular formula is C26H23ClFN3O2S. The summed E-state index contributed by atoms with van der Waals surface area (Å²) >= 11 is 11.7. The maximum absolute atomic E-state index is 13.5. The van der Waals surface area contributed by atoms with Gasteiger partial charge in [0.15, 0.2) is 5.11 Å². The smallest absolute Gasteiger partial charge is 0.256 e. The first-order valence-corrected chi connectivity index (χ1v) is 11.6. The van der Waals surface area contributed by atoms with E-state index >= 15 is 0 Å². The lowest BCUT2D eigenvalue weighted by atomic mass is 10.1. The number of hydrogen-bond donors (Lipinski definition) is 1. The molecule has 1 saturated heterocycles. The molecule has 0 spiro atoms. The fourth-order valence-corrected chi connectivity index (χ4v) is 4.38. The van der Waals surface area contributed by atoms with Gasteiger partial charge in [0.25, 0.3) is 5.91 Å². The van der Waals surface area contributed by atoms with Crippen LogP contribution >= 0.6 is 23.8 Å². The Bertz CT molecular complexity index is 1200. The van der Waals surface area contributed by atoms with E-state index in [4.69, 9.17) is 23.8 Å². The van der Waals surface area contributed by atoms with Crippen molar-refractivity contribution >= 4 is 52.1 Å². The summed E-state index contributed by atoms with van der Waals surface area (Å²) in [5.41, 5.74) is 3.24. The number of nitrogens with zero attached hydrogens (tertiary/aromatic N) is 2. The lowest BCUT2D eigenvalue weighted by Crippen LogP contribution is -2.39. The monoisotopic (exact) mass is 495 g/mol. The van der Waals surface area contributed by atoms with Crippen molar-refractivity contribution in [2.45, 2.75) is 25.8 Å². The third-order valence-corrected chi connectivity index (χ3v) is 6.34. The Kier molecular flexibility index (Phi) is 7.24. The molecule has 1 aliphatic heterocycles. The predicted octanol–water partition coefficient (Wildman–Crippen LogP) is 5.36. The Hall–Kier alpha value is -3.29. The van der Waals surface area contributed by atoms with Crippen LogP contribution in [0.25, 0.3) is 0 Å². The molecule has 0 aromatic heterocycles. The fraction of sp³-hybridized carbons (Fsp3) is 0.192. The van der Waals surface area contributed by atoms with Gasteiger partial charge in [-0.3, -0.25) is 14.5 Å². The summed E-state index contributed by atoms with van der Waals surface area (Å²) in [7, 11) is 0. The summed E-state index contributed by atoms with van der Waals surface area (Å²) in [6.07, 6.45) is 0.543. The molecular weight excluding hydrogens is 473 g/mol. The van der Waals surface area contributed by atoms with Crippen LogP contribution in [0.3, 0.4) is 0 Å². The molecule has 0 bridgehead atoms.